The zero-order valence-electron chi connectivity index (χ0n) is 9.37. The zero-order chi connectivity index (χ0) is 12.4. The van der Waals surface area contributed by atoms with E-state index in [1.807, 2.05) is 4.90 Å². The highest BCUT2D eigenvalue weighted by molar-refractivity contribution is 7.13. The average Bonchev–Trinajstić information content (AvgIpc) is 2.85. The lowest BCUT2D eigenvalue weighted by atomic mass is 10.2. The van der Waals surface area contributed by atoms with E-state index < -0.39 is 12.1 Å². The number of ether oxygens (including phenoxy) is 1. The summed E-state index contributed by atoms with van der Waals surface area (Å²) in [6.07, 6.45) is 0.211. The molecule has 0 bridgehead atoms. The first-order valence-corrected chi connectivity index (χ1v) is 6.12. The summed E-state index contributed by atoms with van der Waals surface area (Å²) in [5.41, 5.74) is 0.0440. The maximum Gasteiger partial charge on any atom is 0.355 e. The van der Waals surface area contributed by atoms with Crippen LogP contribution in [0, 0.1) is 0 Å². The van der Waals surface area contributed by atoms with Crippen LogP contribution in [0.4, 0.5) is 5.13 Å². The van der Waals surface area contributed by atoms with Crippen LogP contribution in [0.25, 0.3) is 0 Å². The molecule has 0 unspecified atom stereocenters. The number of aromatic nitrogens is 1. The van der Waals surface area contributed by atoms with Gasteiger partial charge in [-0.25, -0.2) is 9.78 Å². The first-order chi connectivity index (χ1) is 8.11. The molecule has 1 aliphatic heterocycles. The van der Waals surface area contributed by atoms with Gasteiger partial charge in [0.25, 0.3) is 0 Å². The predicted molar refractivity (Wildman–Crippen MR) is 62.7 cm³/mol. The predicted octanol–water partition coefficient (Wildman–Crippen LogP) is 0.427. The average molecular weight is 258 g/mol. The van der Waals surface area contributed by atoms with E-state index in [-0.39, 0.29) is 11.7 Å². The summed E-state index contributed by atoms with van der Waals surface area (Å²) in [5.74, 6) is -1.03. The van der Waals surface area contributed by atoms with Crippen molar-refractivity contribution in [1.82, 2.24) is 4.98 Å². The maximum absolute atomic E-state index is 10.8. The molecular weight excluding hydrogens is 244 g/mol. The molecule has 2 atom stereocenters. The van der Waals surface area contributed by atoms with Crippen LogP contribution in [0.15, 0.2) is 5.38 Å². The van der Waals surface area contributed by atoms with Crippen LogP contribution in [0.3, 0.4) is 0 Å². The number of thiazole rings is 1. The molecule has 0 saturated carbocycles. The van der Waals surface area contributed by atoms with Gasteiger partial charge in [0.05, 0.1) is 18.8 Å². The number of aliphatic hydroxyl groups is 1. The molecule has 2 rings (SSSR count). The molecule has 0 radical (unpaired) electrons. The Morgan fingerprint density at radius 3 is 3.12 bits per heavy atom. The van der Waals surface area contributed by atoms with Crippen LogP contribution in [0.2, 0.25) is 0 Å². The Hall–Kier alpha value is -1.18. The summed E-state index contributed by atoms with van der Waals surface area (Å²) in [6.45, 7) is 0.972. The molecule has 0 spiro atoms. The van der Waals surface area contributed by atoms with Crippen molar-refractivity contribution in [1.29, 1.82) is 0 Å². The highest BCUT2D eigenvalue weighted by atomic mass is 32.1. The molecule has 2 N–H and O–H groups in total. The molecule has 6 nitrogen and oxygen atoms in total. The quantitative estimate of drug-likeness (QED) is 0.814. The van der Waals surface area contributed by atoms with E-state index in [1.165, 1.54) is 16.7 Å². The van der Waals surface area contributed by atoms with Crippen molar-refractivity contribution in [2.75, 3.05) is 25.2 Å². The fraction of sp³-hybridized carbons (Fsp3) is 0.600. The van der Waals surface area contributed by atoms with Crippen molar-refractivity contribution in [2.24, 2.45) is 0 Å². The second-order valence-electron chi connectivity index (χ2n) is 3.97. The number of hydrogen-bond donors (Lipinski definition) is 2. The Morgan fingerprint density at radius 2 is 2.53 bits per heavy atom. The van der Waals surface area contributed by atoms with E-state index in [4.69, 9.17) is 9.84 Å². The largest absolute Gasteiger partial charge is 0.476 e. The highest BCUT2D eigenvalue weighted by Crippen LogP contribution is 2.28. The number of anilines is 1. The van der Waals surface area contributed by atoms with Gasteiger partial charge in [-0.05, 0) is 6.42 Å². The molecule has 1 aromatic rings. The Kier molecular flexibility index (Phi) is 3.60. The number of nitrogens with zero attached hydrogens (tertiary/aromatic N) is 2. The van der Waals surface area contributed by atoms with Gasteiger partial charge in [-0.2, -0.15) is 0 Å². The van der Waals surface area contributed by atoms with Gasteiger partial charge in [0, 0.05) is 19.0 Å². The fourth-order valence-corrected chi connectivity index (χ4v) is 2.85. The SMILES string of the molecule is COC[C@H]1C[C@@H](O)CN1c1nc(C(=O)O)cs1. The summed E-state index contributed by atoms with van der Waals surface area (Å²) in [6, 6.07) is 0.0581. The van der Waals surface area contributed by atoms with Crippen molar-refractivity contribution >= 4 is 22.4 Å². The Labute approximate surface area is 102 Å². The van der Waals surface area contributed by atoms with Crippen LogP contribution in [0.5, 0.6) is 0 Å². The van der Waals surface area contributed by atoms with E-state index in [0.717, 1.165) is 0 Å². The Bertz CT molecular complexity index is 409. The second-order valence-corrected chi connectivity index (χ2v) is 4.81. The Balaban J connectivity index is 2.16. The third-order valence-corrected chi connectivity index (χ3v) is 3.59. The van der Waals surface area contributed by atoms with Crippen LogP contribution in [-0.4, -0.2) is 53.6 Å². The first-order valence-electron chi connectivity index (χ1n) is 5.24. The summed E-state index contributed by atoms with van der Waals surface area (Å²) >= 11 is 1.27. The molecule has 94 valence electrons. The molecule has 1 aromatic heterocycles. The van der Waals surface area contributed by atoms with Crippen molar-refractivity contribution in [3.8, 4) is 0 Å². The number of β-amino-alcohol motifs (C(OH)–C–C–N with tert-alkyl or cyclic N) is 1. The number of aromatic carboxylic acids is 1. The molecule has 0 aliphatic carbocycles. The first kappa shape index (κ1) is 12.3. The number of carboxylic acid groups (broad SMARTS) is 1. The Morgan fingerprint density at radius 1 is 1.76 bits per heavy atom. The number of hydrogen-bond acceptors (Lipinski definition) is 6. The summed E-state index contributed by atoms with van der Waals surface area (Å²) in [4.78, 5) is 16.7. The van der Waals surface area contributed by atoms with Gasteiger partial charge in [-0.15, -0.1) is 11.3 Å². The second kappa shape index (κ2) is 4.99. The lowest BCUT2D eigenvalue weighted by Gasteiger charge is -2.22. The van der Waals surface area contributed by atoms with Crippen LogP contribution in [-0.2, 0) is 4.74 Å². The van der Waals surface area contributed by atoms with Gasteiger partial charge >= 0.3 is 5.97 Å². The van der Waals surface area contributed by atoms with Crippen molar-refractivity contribution < 1.29 is 19.7 Å². The molecule has 2 heterocycles. The van der Waals surface area contributed by atoms with Crippen molar-refractivity contribution in [3.05, 3.63) is 11.1 Å². The minimum Gasteiger partial charge on any atom is -0.476 e. The lowest BCUT2D eigenvalue weighted by Crippen LogP contribution is -2.33. The molecule has 1 fully saturated rings. The lowest BCUT2D eigenvalue weighted by molar-refractivity contribution is 0.0691. The molecule has 0 aromatic carbocycles. The van der Waals surface area contributed by atoms with Gasteiger partial charge in [0.2, 0.25) is 0 Å². The van der Waals surface area contributed by atoms with Gasteiger partial charge in [-0.3, -0.25) is 0 Å². The summed E-state index contributed by atoms with van der Waals surface area (Å²) in [7, 11) is 1.60. The summed E-state index contributed by atoms with van der Waals surface area (Å²) < 4.78 is 5.09. The van der Waals surface area contributed by atoms with E-state index in [2.05, 4.69) is 4.98 Å². The van der Waals surface area contributed by atoms with E-state index in [1.54, 1.807) is 7.11 Å². The van der Waals surface area contributed by atoms with Crippen molar-refractivity contribution in [2.45, 2.75) is 18.6 Å². The third-order valence-electron chi connectivity index (χ3n) is 2.71. The van der Waals surface area contributed by atoms with Crippen molar-refractivity contribution in [3.63, 3.8) is 0 Å². The normalized spacial score (nSPS) is 24.2. The van der Waals surface area contributed by atoms with Crippen LogP contribution in [0.1, 0.15) is 16.9 Å². The fourth-order valence-electron chi connectivity index (χ4n) is 1.97. The van der Waals surface area contributed by atoms with E-state index >= 15 is 0 Å². The van der Waals surface area contributed by atoms with Gasteiger partial charge in [-0.1, -0.05) is 0 Å². The number of methoxy groups -OCH3 is 1. The van der Waals surface area contributed by atoms with Gasteiger partial charge in [0.1, 0.15) is 0 Å². The van der Waals surface area contributed by atoms with E-state index in [9.17, 15) is 9.90 Å². The molecule has 0 amide bonds. The molecule has 1 aliphatic rings. The smallest absolute Gasteiger partial charge is 0.355 e. The minimum absolute atomic E-state index is 0.0440. The zero-order valence-corrected chi connectivity index (χ0v) is 10.2. The third kappa shape index (κ3) is 2.56. The monoisotopic (exact) mass is 258 g/mol. The number of aliphatic hydroxyl groups excluding tert-OH is 1. The molecule has 7 heteroatoms. The molecular formula is C10H14N2O4S. The topological polar surface area (TPSA) is 82.9 Å². The van der Waals surface area contributed by atoms with Gasteiger partial charge < -0.3 is 19.8 Å². The standard InChI is InChI=1S/C10H14N2O4S/c1-16-4-6-2-7(13)3-12(6)10-11-8(5-17-10)9(14)15/h5-7,13H,2-4H2,1H3,(H,14,15)/t6-,7-/m1/s1. The van der Waals surface area contributed by atoms with Gasteiger partial charge in [0.15, 0.2) is 10.8 Å². The highest BCUT2D eigenvalue weighted by Gasteiger charge is 2.32. The molecule has 17 heavy (non-hydrogen) atoms. The number of carboxylic acids is 1. The molecule has 1 saturated heterocycles. The van der Waals surface area contributed by atoms with Crippen LogP contribution < -0.4 is 4.90 Å². The van der Waals surface area contributed by atoms with Crippen LogP contribution >= 0.6 is 11.3 Å². The number of rotatable bonds is 4. The minimum atomic E-state index is -1.03. The summed E-state index contributed by atoms with van der Waals surface area (Å²) in [5, 5.41) is 20.6. The van der Waals surface area contributed by atoms with E-state index in [0.29, 0.717) is 24.7 Å². The maximum atomic E-state index is 10.8. The number of carbonyl (C=O) groups is 1.